The van der Waals surface area contributed by atoms with E-state index >= 15 is 0 Å². The second-order valence-corrected chi connectivity index (χ2v) is 7.33. The van der Waals surface area contributed by atoms with E-state index in [1.807, 2.05) is 5.32 Å². The highest BCUT2D eigenvalue weighted by Crippen LogP contribution is 2.43. The third-order valence-corrected chi connectivity index (χ3v) is 4.16. The summed E-state index contributed by atoms with van der Waals surface area (Å²) in [7, 11) is 0. The fraction of sp³-hybridized carbons (Fsp3) is 0.933. The first-order valence-electron chi connectivity index (χ1n) is 7.71. The minimum atomic E-state index is -4.83. The third-order valence-electron chi connectivity index (χ3n) is 4.16. The number of alkyl halides is 3. The van der Waals surface area contributed by atoms with Gasteiger partial charge in [-0.3, -0.25) is 4.79 Å². The van der Waals surface area contributed by atoms with Crippen LogP contribution in [0, 0.1) is 11.3 Å². The number of halogens is 3. The van der Waals surface area contributed by atoms with Gasteiger partial charge in [-0.1, -0.05) is 20.8 Å². The topological polar surface area (TPSA) is 61.4 Å². The highest BCUT2D eigenvalue weighted by molar-refractivity contribution is 5.81. The highest BCUT2D eigenvalue weighted by Gasteiger charge is 2.42. The van der Waals surface area contributed by atoms with Crippen LogP contribution in [0.15, 0.2) is 0 Å². The van der Waals surface area contributed by atoms with Gasteiger partial charge in [-0.05, 0) is 43.6 Å². The minimum Gasteiger partial charge on any atom is -0.394 e. The predicted molar refractivity (Wildman–Crippen MR) is 78.3 cm³/mol. The minimum absolute atomic E-state index is 0.00960. The molecule has 0 aromatic heterocycles. The van der Waals surface area contributed by atoms with Gasteiger partial charge in [0, 0.05) is 12.1 Å². The molecular formula is C15H27F3N2O2. The summed E-state index contributed by atoms with van der Waals surface area (Å²) in [4.78, 5) is 10.7. The van der Waals surface area contributed by atoms with Crippen LogP contribution in [0.3, 0.4) is 0 Å². The zero-order chi connectivity index (χ0) is 17.0. The van der Waals surface area contributed by atoms with Crippen LogP contribution >= 0.6 is 0 Å². The molecule has 0 aromatic rings. The molecule has 2 atom stereocenters. The Kier molecular flexibility index (Phi) is 6.27. The number of hydrogen-bond donors (Lipinski definition) is 3. The zero-order valence-corrected chi connectivity index (χ0v) is 13.5. The van der Waals surface area contributed by atoms with Gasteiger partial charge in [0.1, 0.15) is 0 Å². The maximum atomic E-state index is 12.0. The standard InChI is InChI=1S/C15H27F3N2O2/c1-11-7-13(2,3)9-14(8-11,10-21)20-6-4-5-19-12(22)15(16,17)18/h11,20-21H,4-10H2,1-3H3,(H,19,22). The van der Waals surface area contributed by atoms with E-state index in [4.69, 9.17) is 0 Å². The van der Waals surface area contributed by atoms with Crippen LogP contribution in [-0.4, -0.2) is 42.4 Å². The predicted octanol–water partition coefficient (Wildman–Crippen LogP) is 2.22. The second-order valence-electron chi connectivity index (χ2n) is 7.33. The average molecular weight is 324 g/mol. The lowest BCUT2D eigenvalue weighted by atomic mass is 9.64. The van der Waals surface area contributed by atoms with Crippen molar-refractivity contribution >= 4 is 5.91 Å². The van der Waals surface area contributed by atoms with Crippen molar-refractivity contribution in [1.82, 2.24) is 10.6 Å². The fourth-order valence-corrected chi connectivity index (χ4v) is 3.80. The maximum Gasteiger partial charge on any atom is 0.471 e. The summed E-state index contributed by atoms with van der Waals surface area (Å²) in [5, 5.41) is 14.9. The Balaban J connectivity index is 2.40. The SMILES string of the molecule is CC1CC(C)(C)CC(CO)(NCCCNC(=O)C(F)(F)F)C1. The van der Waals surface area contributed by atoms with E-state index in [9.17, 15) is 23.1 Å². The summed E-state index contributed by atoms with van der Waals surface area (Å²) in [6.07, 6.45) is -1.67. The molecule has 130 valence electrons. The number of aliphatic hydroxyl groups is 1. The van der Waals surface area contributed by atoms with Gasteiger partial charge in [0.15, 0.2) is 0 Å². The van der Waals surface area contributed by atoms with E-state index in [2.05, 4.69) is 26.1 Å². The first kappa shape index (κ1) is 19.2. The van der Waals surface area contributed by atoms with E-state index in [0.717, 1.165) is 19.3 Å². The first-order valence-corrected chi connectivity index (χ1v) is 7.71. The number of amides is 1. The van der Waals surface area contributed by atoms with Crippen molar-refractivity contribution in [3.05, 3.63) is 0 Å². The van der Waals surface area contributed by atoms with E-state index in [-0.39, 0.29) is 24.1 Å². The van der Waals surface area contributed by atoms with Crippen molar-refractivity contribution in [2.45, 2.75) is 58.2 Å². The van der Waals surface area contributed by atoms with Crippen LogP contribution in [0.5, 0.6) is 0 Å². The van der Waals surface area contributed by atoms with Crippen molar-refractivity contribution < 1.29 is 23.1 Å². The van der Waals surface area contributed by atoms with Crippen LogP contribution < -0.4 is 10.6 Å². The molecule has 1 aliphatic carbocycles. The van der Waals surface area contributed by atoms with Gasteiger partial charge >= 0.3 is 12.1 Å². The molecule has 0 aliphatic heterocycles. The molecule has 7 heteroatoms. The Labute approximate surface area is 129 Å². The lowest BCUT2D eigenvalue weighted by Gasteiger charge is -2.47. The van der Waals surface area contributed by atoms with Gasteiger partial charge in [-0.2, -0.15) is 13.2 Å². The van der Waals surface area contributed by atoms with Crippen molar-refractivity contribution in [3.8, 4) is 0 Å². The lowest BCUT2D eigenvalue weighted by Crippen LogP contribution is -2.55. The second kappa shape index (κ2) is 7.17. The maximum absolute atomic E-state index is 12.0. The fourth-order valence-electron chi connectivity index (χ4n) is 3.80. The summed E-state index contributed by atoms with van der Waals surface area (Å²) < 4.78 is 36.1. The van der Waals surface area contributed by atoms with E-state index < -0.39 is 12.1 Å². The van der Waals surface area contributed by atoms with Crippen LogP contribution in [-0.2, 0) is 4.79 Å². The highest BCUT2D eigenvalue weighted by atomic mass is 19.4. The van der Waals surface area contributed by atoms with Crippen molar-refractivity contribution in [3.63, 3.8) is 0 Å². The van der Waals surface area contributed by atoms with Gasteiger partial charge in [0.05, 0.1) is 6.61 Å². The molecule has 3 N–H and O–H groups in total. The van der Waals surface area contributed by atoms with Gasteiger partial charge in [-0.15, -0.1) is 0 Å². The summed E-state index contributed by atoms with van der Waals surface area (Å²) in [6, 6.07) is 0. The molecular weight excluding hydrogens is 297 g/mol. The molecule has 0 radical (unpaired) electrons. The zero-order valence-electron chi connectivity index (χ0n) is 13.5. The molecule has 2 unspecified atom stereocenters. The van der Waals surface area contributed by atoms with E-state index in [1.54, 1.807) is 0 Å². The summed E-state index contributed by atoms with van der Waals surface area (Å²) in [5.74, 6) is -1.43. The smallest absolute Gasteiger partial charge is 0.394 e. The summed E-state index contributed by atoms with van der Waals surface area (Å²) >= 11 is 0. The van der Waals surface area contributed by atoms with Crippen LogP contribution in [0.1, 0.15) is 46.5 Å². The van der Waals surface area contributed by atoms with Crippen LogP contribution in [0.25, 0.3) is 0 Å². The largest absolute Gasteiger partial charge is 0.471 e. The van der Waals surface area contributed by atoms with E-state index in [1.165, 1.54) is 0 Å². The van der Waals surface area contributed by atoms with Crippen molar-refractivity contribution in [2.24, 2.45) is 11.3 Å². The molecule has 1 fully saturated rings. The first-order chi connectivity index (χ1) is 10.00. The molecule has 1 aliphatic rings. The van der Waals surface area contributed by atoms with Crippen molar-refractivity contribution in [2.75, 3.05) is 19.7 Å². The quantitative estimate of drug-likeness (QED) is 0.657. The number of rotatable bonds is 6. The normalized spacial score (nSPS) is 28.4. The molecule has 22 heavy (non-hydrogen) atoms. The Hall–Kier alpha value is -0.820. The summed E-state index contributed by atoms with van der Waals surface area (Å²) in [6.45, 7) is 6.91. The lowest BCUT2D eigenvalue weighted by molar-refractivity contribution is -0.173. The van der Waals surface area contributed by atoms with Gasteiger partial charge in [0.25, 0.3) is 0 Å². The number of carbonyl (C=O) groups excluding carboxylic acids is 1. The van der Waals surface area contributed by atoms with Gasteiger partial charge < -0.3 is 15.7 Å². The Morgan fingerprint density at radius 1 is 1.27 bits per heavy atom. The number of aliphatic hydroxyl groups excluding tert-OH is 1. The third kappa shape index (κ3) is 5.76. The molecule has 0 saturated heterocycles. The number of carbonyl (C=O) groups is 1. The van der Waals surface area contributed by atoms with Crippen LogP contribution in [0.4, 0.5) is 13.2 Å². The molecule has 1 amide bonds. The monoisotopic (exact) mass is 324 g/mol. The molecule has 1 rings (SSSR count). The Morgan fingerprint density at radius 3 is 2.41 bits per heavy atom. The van der Waals surface area contributed by atoms with Gasteiger partial charge in [0.2, 0.25) is 0 Å². The molecule has 4 nitrogen and oxygen atoms in total. The summed E-state index contributed by atoms with van der Waals surface area (Å²) in [5.41, 5.74) is -0.257. The number of nitrogens with one attached hydrogen (secondary N) is 2. The van der Waals surface area contributed by atoms with E-state index in [0.29, 0.717) is 18.9 Å². The van der Waals surface area contributed by atoms with Crippen LogP contribution in [0.2, 0.25) is 0 Å². The van der Waals surface area contributed by atoms with Crippen molar-refractivity contribution in [1.29, 1.82) is 0 Å². The average Bonchev–Trinajstić information content (AvgIpc) is 2.34. The Bertz CT molecular complexity index is 385. The molecule has 0 bridgehead atoms. The molecule has 1 saturated carbocycles. The van der Waals surface area contributed by atoms with Gasteiger partial charge in [-0.25, -0.2) is 0 Å². The molecule has 0 aromatic carbocycles. The molecule has 0 heterocycles. The number of hydrogen-bond acceptors (Lipinski definition) is 3. The Morgan fingerprint density at radius 2 is 1.91 bits per heavy atom. The molecule has 0 spiro atoms.